The van der Waals surface area contributed by atoms with Gasteiger partial charge in [-0.25, -0.2) is 0 Å². The zero-order valence-electron chi connectivity index (χ0n) is 16.8. The van der Waals surface area contributed by atoms with E-state index < -0.39 is 0 Å². The number of amides is 2. The number of anilines is 1. The minimum Gasteiger partial charge on any atom is -0.494 e. The molecule has 3 aromatic rings. The van der Waals surface area contributed by atoms with Gasteiger partial charge in [0.2, 0.25) is 11.8 Å². The van der Waals surface area contributed by atoms with Gasteiger partial charge in [-0.2, -0.15) is 0 Å². The first kappa shape index (κ1) is 20.9. The second-order valence-electron chi connectivity index (χ2n) is 6.52. The number of rotatable bonds is 9. The normalized spacial score (nSPS) is 10.2. The maximum atomic E-state index is 12.1. The molecule has 0 atom stereocenters. The molecule has 2 N–H and O–H groups in total. The number of ether oxygens (including phenoxy) is 2. The second kappa shape index (κ2) is 10.7. The molecule has 3 rings (SSSR count). The van der Waals surface area contributed by atoms with Gasteiger partial charge in [-0.3, -0.25) is 9.59 Å². The Bertz CT molecular complexity index is 955. The molecule has 0 saturated heterocycles. The predicted octanol–water partition coefficient (Wildman–Crippen LogP) is 4.18. The van der Waals surface area contributed by atoms with Crippen LogP contribution in [0.1, 0.15) is 12.5 Å². The van der Waals surface area contributed by atoms with E-state index in [1.54, 1.807) is 24.3 Å². The Morgan fingerprint density at radius 3 is 2.00 bits per heavy atom. The lowest BCUT2D eigenvalue weighted by Crippen LogP contribution is -2.33. The van der Waals surface area contributed by atoms with Crippen LogP contribution in [0.2, 0.25) is 0 Å². The Hall–Kier alpha value is -3.80. The highest BCUT2D eigenvalue weighted by molar-refractivity contribution is 5.94. The van der Waals surface area contributed by atoms with Crippen LogP contribution in [0.15, 0.2) is 78.9 Å². The highest BCUT2D eigenvalue weighted by atomic mass is 16.5. The fraction of sp³-hybridized carbons (Fsp3) is 0.167. The molecule has 6 nitrogen and oxygen atoms in total. The summed E-state index contributed by atoms with van der Waals surface area (Å²) in [6.07, 6.45) is 0.242. The molecule has 0 radical (unpaired) electrons. The first-order valence-electron chi connectivity index (χ1n) is 9.73. The van der Waals surface area contributed by atoms with Crippen molar-refractivity contribution < 1.29 is 19.1 Å². The van der Waals surface area contributed by atoms with E-state index in [1.807, 2.05) is 61.5 Å². The molecule has 0 unspecified atom stereocenters. The minimum absolute atomic E-state index is 0.0872. The van der Waals surface area contributed by atoms with E-state index in [-0.39, 0.29) is 24.8 Å². The SMILES string of the molecule is CCOc1ccc(Oc2ccc(NC(=O)CNC(=O)Cc3ccccc3)cc2)cc1. The third-order valence-electron chi connectivity index (χ3n) is 4.16. The highest BCUT2D eigenvalue weighted by Crippen LogP contribution is 2.25. The van der Waals surface area contributed by atoms with Crippen molar-refractivity contribution in [2.75, 3.05) is 18.5 Å². The Labute approximate surface area is 175 Å². The molecule has 6 heteroatoms. The van der Waals surface area contributed by atoms with Crippen molar-refractivity contribution in [2.45, 2.75) is 13.3 Å². The van der Waals surface area contributed by atoms with Gasteiger partial charge in [0.05, 0.1) is 19.6 Å². The van der Waals surface area contributed by atoms with Crippen LogP contribution < -0.4 is 20.1 Å². The summed E-state index contributed by atoms with van der Waals surface area (Å²) in [6.45, 7) is 2.46. The molecular formula is C24H24N2O4. The zero-order chi connectivity index (χ0) is 21.2. The van der Waals surface area contributed by atoms with Gasteiger partial charge in [0.1, 0.15) is 17.2 Å². The molecule has 3 aromatic carbocycles. The number of nitrogens with one attached hydrogen (secondary N) is 2. The number of hydrogen-bond donors (Lipinski definition) is 2. The van der Waals surface area contributed by atoms with Crippen molar-refractivity contribution in [2.24, 2.45) is 0 Å². The molecule has 0 aliphatic heterocycles. The van der Waals surface area contributed by atoms with Crippen LogP contribution in [-0.2, 0) is 16.0 Å². The molecule has 0 spiro atoms. The van der Waals surface area contributed by atoms with E-state index in [0.717, 1.165) is 11.3 Å². The third kappa shape index (κ3) is 6.67. The molecule has 0 fully saturated rings. The van der Waals surface area contributed by atoms with Gasteiger partial charge in [-0.1, -0.05) is 30.3 Å². The van der Waals surface area contributed by atoms with Crippen molar-refractivity contribution in [1.29, 1.82) is 0 Å². The lowest BCUT2D eigenvalue weighted by Gasteiger charge is -2.09. The average Bonchev–Trinajstić information content (AvgIpc) is 2.76. The maximum Gasteiger partial charge on any atom is 0.243 e. The predicted molar refractivity (Wildman–Crippen MR) is 116 cm³/mol. The van der Waals surface area contributed by atoms with Crippen molar-refractivity contribution in [3.05, 3.63) is 84.4 Å². The van der Waals surface area contributed by atoms with Crippen molar-refractivity contribution in [3.63, 3.8) is 0 Å². The Morgan fingerprint density at radius 1 is 0.767 bits per heavy atom. The van der Waals surface area contributed by atoms with E-state index in [1.165, 1.54) is 0 Å². The summed E-state index contributed by atoms with van der Waals surface area (Å²) < 4.78 is 11.2. The first-order chi connectivity index (χ1) is 14.6. The smallest absolute Gasteiger partial charge is 0.243 e. The van der Waals surface area contributed by atoms with Gasteiger partial charge in [0.15, 0.2) is 0 Å². The van der Waals surface area contributed by atoms with Gasteiger partial charge >= 0.3 is 0 Å². The quantitative estimate of drug-likeness (QED) is 0.561. The van der Waals surface area contributed by atoms with E-state index in [9.17, 15) is 9.59 Å². The van der Waals surface area contributed by atoms with Crippen LogP contribution in [0, 0.1) is 0 Å². The van der Waals surface area contributed by atoms with Gasteiger partial charge in [0.25, 0.3) is 0 Å². The van der Waals surface area contributed by atoms with Crippen LogP contribution in [0.25, 0.3) is 0 Å². The van der Waals surface area contributed by atoms with E-state index in [2.05, 4.69) is 10.6 Å². The third-order valence-corrected chi connectivity index (χ3v) is 4.16. The van der Waals surface area contributed by atoms with Crippen molar-refractivity contribution in [1.82, 2.24) is 5.32 Å². The highest BCUT2D eigenvalue weighted by Gasteiger charge is 2.07. The largest absolute Gasteiger partial charge is 0.494 e. The summed E-state index contributed by atoms with van der Waals surface area (Å²) in [4.78, 5) is 24.0. The summed E-state index contributed by atoms with van der Waals surface area (Å²) >= 11 is 0. The molecule has 0 aliphatic rings. The summed E-state index contributed by atoms with van der Waals surface area (Å²) in [5.74, 6) is 1.63. The van der Waals surface area contributed by atoms with Crippen LogP contribution in [0.5, 0.6) is 17.2 Å². The number of carbonyl (C=O) groups excluding carboxylic acids is 2. The lowest BCUT2D eigenvalue weighted by atomic mass is 10.1. The van der Waals surface area contributed by atoms with Gasteiger partial charge in [-0.05, 0) is 61.0 Å². The average molecular weight is 404 g/mol. The van der Waals surface area contributed by atoms with Crippen LogP contribution in [0.3, 0.4) is 0 Å². The van der Waals surface area contributed by atoms with Crippen molar-refractivity contribution in [3.8, 4) is 17.2 Å². The molecule has 30 heavy (non-hydrogen) atoms. The van der Waals surface area contributed by atoms with E-state index in [0.29, 0.717) is 23.8 Å². The molecule has 0 aromatic heterocycles. The Morgan fingerprint density at radius 2 is 1.37 bits per heavy atom. The van der Waals surface area contributed by atoms with Gasteiger partial charge in [-0.15, -0.1) is 0 Å². The lowest BCUT2D eigenvalue weighted by molar-refractivity contribution is -0.123. The van der Waals surface area contributed by atoms with Gasteiger partial charge < -0.3 is 20.1 Å². The minimum atomic E-state index is -0.295. The number of carbonyl (C=O) groups is 2. The number of hydrogen-bond acceptors (Lipinski definition) is 4. The van der Waals surface area contributed by atoms with Crippen LogP contribution >= 0.6 is 0 Å². The van der Waals surface area contributed by atoms with Crippen molar-refractivity contribution >= 4 is 17.5 Å². The fourth-order valence-corrected chi connectivity index (χ4v) is 2.74. The second-order valence-corrected chi connectivity index (χ2v) is 6.52. The van der Waals surface area contributed by atoms with Crippen LogP contribution in [-0.4, -0.2) is 25.0 Å². The Balaban J connectivity index is 1.44. The first-order valence-corrected chi connectivity index (χ1v) is 9.73. The molecule has 2 amide bonds. The summed E-state index contributed by atoms with van der Waals surface area (Å²) in [5, 5.41) is 5.37. The molecule has 0 bridgehead atoms. The zero-order valence-corrected chi connectivity index (χ0v) is 16.8. The van der Waals surface area contributed by atoms with Gasteiger partial charge in [0, 0.05) is 5.69 Å². The fourth-order valence-electron chi connectivity index (χ4n) is 2.74. The summed E-state index contributed by atoms with van der Waals surface area (Å²) in [7, 11) is 0. The number of benzene rings is 3. The molecule has 154 valence electrons. The molecular weight excluding hydrogens is 380 g/mol. The molecule has 0 heterocycles. The molecule has 0 saturated carbocycles. The Kier molecular flexibility index (Phi) is 7.44. The summed E-state index contributed by atoms with van der Waals surface area (Å²) in [5.41, 5.74) is 1.52. The molecule has 0 aliphatic carbocycles. The summed E-state index contributed by atoms with van der Waals surface area (Å²) in [6, 6.07) is 23.8. The van der Waals surface area contributed by atoms with E-state index >= 15 is 0 Å². The monoisotopic (exact) mass is 404 g/mol. The van der Waals surface area contributed by atoms with Crippen LogP contribution in [0.4, 0.5) is 5.69 Å². The standard InChI is InChI=1S/C24H24N2O4/c1-2-29-20-12-14-22(15-13-20)30-21-10-8-19(9-11-21)26-24(28)17-25-23(27)16-18-6-4-3-5-7-18/h3-15H,2,16-17H2,1H3,(H,25,27)(H,26,28). The topological polar surface area (TPSA) is 76.7 Å². The maximum absolute atomic E-state index is 12.1. The van der Waals surface area contributed by atoms with E-state index in [4.69, 9.17) is 9.47 Å².